The van der Waals surface area contributed by atoms with Crippen molar-refractivity contribution in [3.63, 3.8) is 0 Å². The van der Waals surface area contributed by atoms with Crippen LogP contribution >= 0.6 is 0 Å². The van der Waals surface area contributed by atoms with Gasteiger partial charge in [-0.05, 0) is 17.7 Å². The highest BCUT2D eigenvalue weighted by molar-refractivity contribution is 5.62. The zero-order chi connectivity index (χ0) is 25.8. The molecular weight excluding hydrogens is 472 g/mol. The molecule has 3 rings (SSSR count). The second-order valence-corrected chi connectivity index (χ2v) is 8.15. The van der Waals surface area contributed by atoms with Gasteiger partial charge in [0.2, 0.25) is 12.0 Å². The highest BCUT2D eigenvalue weighted by Crippen LogP contribution is 2.41. The third kappa shape index (κ3) is 5.70. The Kier molecular flexibility index (Phi) is 9.28. The Morgan fingerprint density at radius 3 is 2.20 bits per heavy atom. The van der Waals surface area contributed by atoms with Gasteiger partial charge in [-0.1, -0.05) is 12.2 Å². The van der Waals surface area contributed by atoms with Crippen LogP contribution in [0.3, 0.4) is 0 Å². The van der Waals surface area contributed by atoms with Crippen molar-refractivity contribution in [2.24, 2.45) is 0 Å². The average Bonchev–Trinajstić information content (AvgIpc) is 3.16. The molecule has 0 aromatic heterocycles. The lowest BCUT2D eigenvalue weighted by atomic mass is 9.98. The van der Waals surface area contributed by atoms with Crippen molar-refractivity contribution in [1.82, 2.24) is 0 Å². The largest absolute Gasteiger partial charge is 0.493 e. The van der Waals surface area contributed by atoms with Gasteiger partial charge in [0.05, 0.1) is 40.6 Å². The van der Waals surface area contributed by atoms with E-state index < -0.39 is 68.5 Å². The quantitative estimate of drug-likeness (QED) is 0.175. The van der Waals surface area contributed by atoms with E-state index in [1.54, 1.807) is 18.2 Å². The fraction of sp³-hybridized carbons (Fsp3) is 0.636. The van der Waals surface area contributed by atoms with Crippen LogP contribution in [0.25, 0.3) is 6.08 Å². The maximum absolute atomic E-state index is 10.7. The third-order valence-corrected chi connectivity index (χ3v) is 5.83. The maximum Gasteiger partial charge on any atom is 0.230 e. The van der Waals surface area contributed by atoms with Crippen molar-refractivity contribution in [3.8, 4) is 17.2 Å². The van der Waals surface area contributed by atoms with Gasteiger partial charge >= 0.3 is 0 Å². The summed E-state index contributed by atoms with van der Waals surface area (Å²) < 4.78 is 33.3. The summed E-state index contributed by atoms with van der Waals surface area (Å²) in [5.41, 5.74) is -1.37. The Balaban J connectivity index is 1.93. The summed E-state index contributed by atoms with van der Waals surface area (Å²) in [7, 11) is 2.76. The van der Waals surface area contributed by atoms with E-state index in [2.05, 4.69) is 0 Å². The Morgan fingerprint density at radius 1 is 1.03 bits per heavy atom. The molecule has 0 spiro atoms. The van der Waals surface area contributed by atoms with Gasteiger partial charge in [0.15, 0.2) is 23.9 Å². The van der Waals surface area contributed by atoms with Crippen molar-refractivity contribution < 1.29 is 64.2 Å². The fourth-order valence-electron chi connectivity index (χ4n) is 3.78. The summed E-state index contributed by atoms with van der Waals surface area (Å²) in [4.78, 5) is 0. The van der Waals surface area contributed by atoms with E-state index in [1.807, 2.05) is 0 Å². The Labute approximate surface area is 201 Å². The second kappa shape index (κ2) is 11.8. The van der Waals surface area contributed by atoms with E-state index in [-0.39, 0.29) is 23.9 Å². The van der Waals surface area contributed by atoms with E-state index in [0.29, 0.717) is 5.56 Å². The zero-order valence-electron chi connectivity index (χ0n) is 19.3. The summed E-state index contributed by atoms with van der Waals surface area (Å²) in [5, 5.41) is 69.6. The van der Waals surface area contributed by atoms with E-state index in [4.69, 9.17) is 33.5 Å². The molecule has 7 N–H and O–H groups in total. The summed E-state index contributed by atoms with van der Waals surface area (Å²) in [5.74, 6) is 0.421. The molecule has 0 radical (unpaired) electrons. The van der Waals surface area contributed by atoms with E-state index in [1.165, 1.54) is 20.3 Å². The number of benzene rings is 1. The monoisotopic (exact) mass is 504 g/mol. The van der Waals surface area contributed by atoms with E-state index >= 15 is 0 Å². The molecule has 2 saturated heterocycles. The molecule has 1 aromatic carbocycles. The zero-order valence-corrected chi connectivity index (χ0v) is 19.3. The van der Waals surface area contributed by atoms with Crippen LogP contribution in [0.4, 0.5) is 0 Å². The molecule has 3 unspecified atom stereocenters. The predicted molar refractivity (Wildman–Crippen MR) is 117 cm³/mol. The number of hydrogen-bond donors (Lipinski definition) is 7. The van der Waals surface area contributed by atoms with Crippen molar-refractivity contribution in [1.29, 1.82) is 0 Å². The minimum absolute atomic E-state index is 0.0368. The van der Waals surface area contributed by atoms with Crippen molar-refractivity contribution in [2.45, 2.75) is 48.7 Å². The lowest BCUT2D eigenvalue weighted by Crippen LogP contribution is -2.62. The van der Waals surface area contributed by atoms with Crippen molar-refractivity contribution in [3.05, 3.63) is 23.8 Å². The Hall–Kier alpha value is -2.04. The molecule has 2 heterocycles. The molecule has 2 aliphatic rings. The fourth-order valence-corrected chi connectivity index (χ4v) is 3.78. The number of rotatable bonds is 10. The molecule has 0 amide bonds. The SMILES string of the molecule is COc1cc(C=CCO)cc(OC)c1O[C@@H]1OC(CO)[C@@H](O)[C@@H](O)C1O[C@@H]1OC[C@](O)(CO)C1O. The van der Waals surface area contributed by atoms with Crippen LogP contribution in [0.15, 0.2) is 18.2 Å². The van der Waals surface area contributed by atoms with Crippen LogP contribution in [0.5, 0.6) is 17.2 Å². The van der Waals surface area contributed by atoms with Gasteiger partial charge in [-0.2, -0.15) is 0 Å². The van der Waals surface area contributed by atoms with Gasteiger partial charge in [0.25, 0.3) is 0 Å². The van der Waals surface area contributed by atoms with Gasteiger partial charge in [-0.3, -0.25) is 0 Å². The first kappa shape index (κ1) is 27.5. The van der Waals surface area contributed by atoms with Crippen LogP contribution in [-0.4, -0.2) is 125 Å². The first-order valence-corrected chi connectivity index (χ1v) is 10.8. The predicted octanol–water partition coefficient (Wildman–Crippen LogP) is -2.65. The van der Waals surface area contributed by atoms with Crippen LogP contribution in [0.2, 0.25) is 0 Å². The standard InChI is InChI=1S/C22H32O13/c1-30-12-6-11(4-3-5-23)7-13(31-2)17(12)34-20-18(16(27)15(26)14(8-24)33-20)35-21-19(28)22(29,9-25)10-32-21/h3-4,6-7,14-16,18-21,23-29H,5,8-10H2,1-2H3/t14?,15-,16-,18?,19?,20+,21+,22-/m1/s1. The smallest absolute Gasteiger partial charge is 0.230 e. The molecule has 2 fully saturated rings. The summed E-state index contributed by atoms with van der Waals surface area (Å²) >= 11 is 0. The lowest BCUT2D eigenvalue weighted by Gasteiger charge is -2.42. The highest BCUT2D eigenvalue weighted by Gasteiger charge is 2.53. The van der Waals surface area contributed by atoms with E-state index in [0.717, 1.165) is 0 Å². The third-order valence-electron chi connectivity index (χ3n) is 5.83. The summed E-state index contributed by atoms with van der Waals surface area (Å²) in [6.45, 7) is -2.09. The molecule has 198 valence electrons. The van der Waals surface area contributed by atoms with Gasteiger partial charge in [0, 0.05) is 0 Å². The first-order chi connectivity index (χ1) is 16.7. The lowest BCUT2D eigenvalue weighted by molar-refractivity contribution is -0.319. The van der Waals surface area contributed by atoms with Crippen LogP contribution in [0.1, 0.15) is 5.56 Å². The maximum atomic E-state index is 10.7. The normalized spacial score (nSPS) is 35.4. The molecule has 0 aliphatic carbocycles. The van der Waals surface area contributed by atoms with Crippen LogP contribution < -0.4 is 14.2 Å². The number of aliphatic hydroxyl groups excluding tert-OH is 6. The molecule has 35 heavy (non-hydrogen) atoms. The average molecular weight is 504 g/mol. The van der Waals surface area contributed by atoms with Crippen molar-refractivity contribution >= 4 is 6.08 Å². The summed E-state index contributed by atoms with van der Waals surface area (Å²) in [6.07, 6.45) is -7.54. The molecule has 0 saturated carbocycles. The number of hydrogen-bond acceptors (Lipinski definition) is 13. The minimum Gasteiger partial charge on any atom is -0.493 e. The van der Waals surface area contributed by atoms with Gasteiger partial charge in [-0.15, -0.1) is 0 Å². The number of aliphatic hydroxyl groups is 7. The molecule has 0 bridgehead atoms. The highest BCUT2D eigenvalue weighted by atomic mass is 16.8. The Bertz CT molecular complexity index is 839. The molecular formula is C22H32O13. The van der Waals surface area contributed by atoms with Gasteiger partial charge < -0.3 is 64.2 Å². The number of ether oxygens (including phenoxy) is 6. The van der Waals surface area contributed by atoms with Gasteiger partial charge in [-0.25, -0.2) is 0 Å². The molecule has 8 atom stereocenters. The first-order valence-electron chi connectivity index (χ1n) is 10.8. The summed E-state index contributed by atoms with van der Waals surface area (Å²) in [6, 6.07) is 3.17. The molecule has 13 heteroatoms. The molecule has 2 aliphatic heterocycles. The van der Waals surface area contributed by atoms with Crippen molar-refractivity contribution in [2.75, 3.05) is 40.6 Å². The van der Waals surface area contributed by atoms with Crippen LogP contribution in [0, 0.1) is 0 Å². The van der Waals surface area contributed by atoms with E-state index in [9.17, 15) is 30.6 Å². The molecule has 13 nitrogen and oxygen atoms in total. The Morgan fingerprint density at radius 2 is 1.69 bits per heavy atom. The van der Waals surface area contributed by atoms with Crippen LogP contribution in [-0.2, 0) is 14.2 Å². The number of methoxy groups -OCH3 is 2. The second-order valence-electron chi connectivity index (χ2n) is 8.15. The molecule has 1 aromatic rings. The topological polar surface area (TPSA) is 197 Å². The minimum atomic E-state index is -1.99. The van der Waals surface area contributed by atoms with Gasteiger partial charge in [0.1, 0.15) is 30.0 Å².